The largest absolute Gasteiger partial charge is 0.502 e. The van der Waals surface area contributed by atoms with Gasteiger partial charge in [-0.05, 0) is 40.1 Å². The van der Waals surface area contributed by atoms with Gasteiger partial charge in [0.2, 0.25) is 5.43 Å². The van der Waals surface area contributed by atoms with E-state index in [0.29, 0.717) is 13.2 Å². The molecule has 1 aromatic heterocycles. The van der Waals surface area contributed by atoms with E-state index in [0.717, 1.165) is 27.1 Å². The second-order valence-electron chi connectivity index (χ2n) is 8.40. The number of rotatable bonds is 5. The van der Waals surface area contributed by atoms with Gasteiger partial charge >= 0.3 is 0 Å². The number of aromatic hydroxyl groups is 1. The molecule has 7 heteroatoms. The zero-order valence-electron chi connectivity index (χ0n) is 18.6. The van der Waals surface area contributed by atoms with Gasteiger partial charge in [0.05, 0.1) is 19.2 Å². The van der Waals surface area contributed by atoms with Crippen LogP contribution in [0.4, 0.5) is 0 Å². The Morgan fingerprint density at radius 1 is 1.00 bits per heavy atom. The molecule has 4 aromatic rings. The summed E-state index contributed by atoms with van der Waals surface area (Å²) in [5, 5.41) is 17.0. The second kappa shape index (κ2) is 8.26. The van der Waals surface area contributed by atoms with Crippen LogP contribution in [0, 0.1) is 0 Å². The maximum Gasteiger partial charge on any atom is 0.278 e. The van der Waals surface area contributed by atoms with Crippen molar-refractivity contribution < 1.29 is 14.6 Å². The van der Waals surface area contributed by atoms with E-state index in [4.69, 9.17) is 4.74 Å². The zero-order chi connectivity index (χ0) is 23.1. The first kappa shape index (κ1) is 21.0. The van der Waals surface area contributed by atoms with E-state index < -0.39 is 17.1 Å². The molecule has 0 saturated carbocycles. The van der Waals surface area contributed by atoms with Crippen molar-refractivity contribution in [2.24, 2.45) is 0 Å². The Labute approximate surface area is 191 Å². The summed E-state index contributed by atoms with van der Waals surface area (Å²) in [6, 6.07) is 19.7. The number of hydrogen-bond acceptors (Lipinski definition) is 5. The third kappa shape index (κ3) is 3.50. The molecule has 1 aliphatic heterocycles. The van der Waals surface area contributed by atoms with Crippen molar-refractivity contribution in [3.63, 3.8) is 0 Å². The van der Waals surface area contributed by atoms with Gasteiger partial charge in [-0.2, -0.15) is 0 Å². The molecule has 0 spiro atoms. The third-order valence-corrected chi connectivity index (χ3v) is 6.30. The molecule has 1 atom stereocenters. The van der Waals surface area contributed by atoms with Crippen LogP contribution in [0.5, 0.6) is 5.75 Å². The van der Waals surface area contributed by atoms with Gasteiger partial charge in [0.15, 0.2) is 11.4 Å². The average molecular weight is 444 g/mol. The number of aromatic nitrogens is 1. The zero-order valence-corrected chi connectivity index (χ0v) is 18.6. The molecule has 168 valence electrons. The molecule has 0 aliphatic carbocycles. The summed E-state index contributed by atoms with van der Waals surface area (Å²) in [4.78, 5) is 27.1. The van der Waals surface area contributed by atoms with Crippen molar-refractivity contribution in [3.05, 3.63) is 88.3 Å². The molecule has 3 aromatic carbocycles. The van der Waals surface area contributed by atoms with Gasteiger partial charge in [-0.25, -0.2) is 0 Å². The molecule has 1 N–H and O–H groups in total. The number of amides is 1. The topological polar surface area (TPSA) is 75.0 Å². The van der Waals surface area contributed by atoms with Crippen LogP contribution < -0.4 is 10.4 Å². The van der Waals surface area contributed by atoms with Gasteiger partial charge in [0.1, 0.15) is 6.67 Å². The number of fused-ring (bicyclic) bond motifs is 3. The number of carbonyl (C=O) groups excluding carboxylic acids is 1. The number of benzene rings is 3. The van der Waals surface area contributed by atoms with Gasteiger partial charge < -0.3 is 14.7 Å². The first-order valence-corrected chi connectivity index (χ1v) is 10.9. The van der Waals surface area contributed by atoms with Gasteiger partial charge in [-0.3, -0.25) is 19.3 Å². The number of methoxy groups -OCH3 is 1. The highest BCUT2D eigenvalue weighted by Gasteiger charge is 2.35. The van der Waals surface area contributed by atoms with Crippen molar-refractivity contribution in [1.29, 1.82) is 0 Å². The molecule has 7 nitrogen and oxygen atoms in total. The Morgan fingerprint density at radius 2 is 1.64 bits per heavy atom. The lowest BCUT2D eigenvalue weighted by molar-refractivity contribution is 0.0479. The van der Waals surface area contributed by atoms with Gasteiger partial charge in [0, 0.05) is 19.4 Å². The number of carbonyl (C=O) groups is 1. The molecule has 0 bridgehead atoms. The Morgan fingerprint density at radius 3 is 2.27 bits per heavy atom. The Bertz CT molecular complexity index is 1370. The molecular formula is C26H25N3O4. The predicted octanol–water partition coefficient (Wildman–Crippen LogP) is 3.45. The van der Waals surface area contributed by atoms with Crippen molar-refractivity contribution in [2.45, 2.75) is 19.5 Å². The monoisotopic (exact) mass is 443 g/mol. The smallest absolute Gasteiger partial charge is 0.278 e. The molecule has 1 aliphatic rings. The highest BCUT2D eigenvalue weighted by atomic mass is 16.5. The van der Waals surface area contributed by atoms with Crippen molar-refractivity contribution in [2.75, 3.05) is 25.4 Å². The van der Waals surface area contributed by atoms with Crippen molar-refractivity contribution in [1.82, 2.24) is 9.58 Å². The van der Waals surface area contributed by atoms with Crippen LogP contribution in [-0.2, 0) is 11.3 Å². The minimum atomic E-state index is -0.577. The van der Waals surface area contributed by atoms with Gasteiger partial charge in [0.25, 0.3) is 5.91 Å². The summed E-state index contributed by atoms with van der Waals surface area (Å²) < 4.78 is 6.88. The number of ether oxygens (including phenoxy) is 1. The van der Waals surface area contributed by atoms with Crippen LogP contribution in [-0.4, -0.2) is 47.0 Å². The van der Waals surface area contributed by atoms with E-state index in [1.165, 1.54) is 6.07 Å². The first-order valence-electron chi connectivity index (χ1n) is 10.9. The molecule has 0 saturated heterocycles. The number of pyridine rings is 1. The first-order chi connectivity index (χ1) is 16.0. The lowest BCUT2D eigenvalue weighted by Gasteiger charge is -2.42. The van der Waals surface area contributed by atoms with Crippen molar-refractivity contribution >= 4 is 27.5 Å². The highest BCUT2D eigenvalue weighted by molar-refractivity contribution is 6.02. The SMILES string of the molecule is COCC(C)N1CN(Cc2c3ccccc3cc3ccccc23)n2ccc(=O)c(O)c2C1=O. The third-order valence-electron chi connectivity index (χ3n) is 6.30. The van der Waals surface area contributed by atoms with E-state index in [-0.39, 0.29) is 18.4 Å². The molecule has 1 unspecified atom stereocenters. The fraction of sp³-hybridized carbons (Fsp3) is 0.231. The quantitative estimate of drug-likeness (QED) is 0.478. The van der Waals surface area contributed by atoms with Crippen LogP contribution >= 0.6 is 0 Å². The molecule has 0 radical (unpaired) electrons. The van der Waals surface area contributed by atoms with E-state index in [9.17, 15) is 14.7 Å². The second-order valence-corrected chi connectivity index (χ2v) is 8.40. The predicted molar refractivity (Wildman–Crippen MR) is 128 cm³/mol. The lowest BCUT2D eigenvalue weighted by atomic mass is 9.96. The number of hydrogen-bond donors (Lipinski definition) is 1. The lowest BCUT2D eigenvalue weighted by Crippen LogP contribution is -2.57. The highest BCUT2D eigenvalue weighted by Crippen LogP contribution is 2.31. The Hall–Kier alpha value is -3.84. The Balaban J connectivity index is 1.69. The summed E-state index contributed by atoms with van der Waals surface area (Å²) >= 11 is 0. The minimum absolute atomic E-state index is 0.0266. The summed E-state index contributed by atoms with van der Waals surface area (Å²) in [7, 11) is 1.58. The molecule has 2 heterocycles. The normalized spacial score (nSPS) is 14.7. The molecule has 0 fully saturated rings. The fourth-order valence-electron chi connectivity index (χ4n) is 4.65. The molecular weight excluding hydrogens is 418 g/mol. The number of nitrogens with zero attached hydrogens (tertiary/aromatic N) is 3. The van der Waals surface area contributed by atoms with Gasteiger partial charge in [-0.1, -0.05) is 48.5 Å². The standard InChI is InChI=1S/C26H25N3O4/c1-17(15-33-2)28-16-27(29-12-11-23(30)25(31)24(29)26(28)32)14-22-20-9-5-3-7-18(20)13-19-8-4-6-10-21(19)22/h3-13,17,31H,14-16H2,1-2H3. The van der Waals surface area contributed by atoms with Crippen molar-refractivity contribution in [3.8, 4) is 5.75 Å². The van der Waals surface area contributed by atoms with Gasteiger partial charge in [-0.15, -0.1) is 0 Å². The van der Waals surface area contributed by atoms with E-state index in [1.807, 2.05) is 36.2 Å². The fourth-order valence-corrected chi connectivity index (χ4v) is 4.65. The summed E-state index contributed by atoms with van der Waals surface area (Å²) in [6.07, 6.45) is 1.56. The van der Waals surface area contributed by atoms with Crippen LogP contribution in [0.3, 0.4) is 0 Å². The molecule has 5 rings (SSSR count). The minimum Gasteiger partial charge on any atom is -0.502 e. The summed E-state index contributed by atoms with van der Waals surface area (Å²) in [5.74, 6) is -0.932. The van der Waals surface area contributed by atoms with Crippen LogP contribution in [0.2, 0.25) is 0 Å². The van der Waals surface area contributed by atoms with Crippen LogP contribution in [0.15, 0.2) is 71.7 Å². The van der Waals surface area contributed by atoms with Crippen LogP contribution in [0.25, 0.3) is 21.5 Å². The summed E-state index contributed by atoms with van der Waals surface area (Å²) in [5.41, 5.74) is 0.509. The summed E-state index contributed by atoms with van der Waals surface area (Å²) in [6.45, 7) is 2.99. The Kier molecular flexibility index (Phi) is 5.26. The average Bonchev–Trinajstić information content (AvgIpc) is 2.82. The maximum absolute atomic E-state index is 13.3. The van der Waals surface area contributed by atoms with Crippen LogP contribution in [0.1, 0.15) is 23.0 Å². The molecule has 1 amide bonds. The maximum atomic E-state index is 13.3. The van der Waals surface area contributed by atoms with E-state index >= 15 is 0 Å². The van der Waals surface area contributed by atoms with E-state index in [2.05, 4.69) is 30.3 Å². The van der Waals surface area contributed by atoms with E-state index in [1.54, 1.807) is 22.9 Å². The molecule has 33 heavy (non-hydrogen) atoms.